The number of rotatable bonds is 13. The van der Waals surface area contributed by atoms with Crippen LogP contribution in [-0.2, 0) is 9.47 Å². The molecular weight excluding hydrogens is 840 g/mol. The number of halogens is 3. The molecule has 0 radical (unpaired) electrons. The van der Waals surface area contributed by atoms with Crippen LogP contribution in [0.15, 0.2) is 48.3 Å². The van der Waals surface area contributed by atoms with Gasteiger partial charge in [-0.15, -0.1) is 5.54 Å². The Kier molecular flexibility index (Phi) is 12.7. The molecule has 11 nitrogen and oxygen atoms in total. The Morgan fingerprint density at radius 1 is 0.969 bits per heavy atom. The van der Waals surface area contributed by atoms with Gasteiger partial charge in [0.15, 0.2) is 12.6 Å². The van der Waals surface area contributed by atoms with E-state index in [-0.39, 0.29) is 55.2 Å². The number of carbonyl (C=O) groups is 1. The molecule has 342 valence electrons. The maximum absolute atomic E-state index is 18.0. The zero-order valence-electron chi connectivity index (χ0n) is 38.2. The smallest absolute Gasteiger partial charge is 0.408 e. The number of anilines is 1. The number of fused-ring (bicyclic) bond motifs is 5. The molecule has 0 aliphatic carbocycles. The van der Waals surface area contributed by atoms with Crippen LogP contribution >= 0.6 is 0 Å². The Hall–Kier alpha value is -4.88. The van der Waals surface area contributed by atoms with Crippen molar-refractivity contribution in [1.29, 1.82) is 0 Å². The van der Waals surface area contributed by atoms with Crippen LogP contribution in [0.2, 0.25) is 16.6 Å². The molecule has 3 aromatic carbocycles. The highest BCUT2D eigenvalue weighted by Gasteiger charge is 2.54. The molecule has 1 unspecified atom stereocenters. The summed E-state index contributed by atoms with van der Waals surface area (Å²) < 4.78 is 71.5. The second-order valence-corrected chi connectivity index (χ2v) is 24.8. The molecule has 5 heterocycles. The van der Waals surface area contributed by atoms with Gasteiger partial charge in [-0.25, -0.2) is 18.0 Å². The van der Waals surface area contributed by atoms with E-state index in [1.165, 1.54) is 18.1 Å². The zero-order valence-corrected chi connectivity index (χ0v) is 39.2. The van der Waals surface area contributed by atoms with Gasteiger partial charge in [0.25, 0.3) is 0 Å². The SMILES string of the molecule is COCOc1cc(-c2ccc3c(N4C[C@@H]5CC[C@](COC)(C4)N5C(=O)O)nc(OCC45CCCN4C/C(=C\F)C5)nc3c2F)c2c(C#C[Si](C(C)C)(C(C)C)C(C)C)c(F)ccc2c1. The van der Waals surface area contributed by atoms with Gasteiger partial charge in [0, 0.05) is 50.2 Å². The largest absolute Gasteiger partial charge is 0.468 e. The summed E-state index contributed by atoms with van der Waals surface area (Å²) in [7, 11) is 0.739. The number of piperazine rings is 1. The molecule has 2 bridgehead atoms. The molecule has 0 saturated carbocycles. The number of nitrogens with zero attached hydrogens (tertiary/aromatic N) is 5. The third-order valence-electron chi connectivity index (χ3n) is 14.7. The minimum atomic E-state index is -2.33. The van der Waals surface area contributed by atoms with Gasteiger partial charge in [-0.05, 0) is 96.1 Å². The van der Waals surface area contributed by atoms with E-state index in [1.807, 2.05) is 4.90 Å². The van der Waals surface area contributed by atoms with E-state index in [9.17, 15) is 14.3 Å². The third-order valence-corrected chi connectivity index (χ3v) is 21.0. The second-order valence-electron chi connectivity index (χ2n) is 19.2. The number of hydrogen-bond donors (Lipinski definition) is 1. The van der Waals surface area contributed by atoms with Crippen LogP contribution in [0.1, 0.15) is 79.2 Å². The maximum atomic E-state index is 18.0. The molecule has 1 aromatic heterocycles. The molecule has 4 saturated heterocycles. The number of amides is 1. The average molecular weight is 900 g/mol. The van der Waals surface area contributed by atoms with E-state index in [0.29, 0.717) is 94.2 Å². The normalized spacial score (nSPS) is 23.0. The quantitative estimate of drug-likeness (QED) is 0.0792. The predicted molar refractivity (Wildman–Crippen MR) is 245 cm³/mol. The summed E-state index contributed by atoms with van der Waals surface area (Å²) in [5, 5.41) is 11.8. The molecule has 4 aliphatic heterocycles. The predicted octanol–water partition coefficient (Wildman–Crippen LogP) is 10.1. The number of hydrogen-bond acceptors (Lipinski definition) is 9. The molecule has 15 heteroatoms. The number of carboxylic acid groups (broad SMARTS) is 1. The van der Waals surface area contributed by atoms with Gasteiger partial charge in [-0.2, -0.15) is 9.97 Å². The van der Waals surface area contributed by atoms with Crippen LogP contribution in [0.3, 0.4) is 0 Å². The van der Waals surface area contributed by atoms with Crippen molar-refractivity contribution in [2.45, 2.75) is 107 Å². The summed E-state index contributed by atoms with van der Waals surface area (Å²) in [6, 6.07) is 9.54. The summed E-state index contributed by atoms with van der Waals surface area (Å²) in [4.78, 5) is 28.1. The summed E-state index contributed by atoms with van der Waals surface area (Å²) in [5.41, 5.74) is 4.65. The van der Waals surface area contributed by atoms with Crippen molar-refractivity contribution in [3.05, 3.63) is 65.5 Å². The van der Waals surface area contributed by atoms with Gasteiger partial charge < -0.3 is 29.0 Å². The molecule has 0 spiro atoms. The van der Waals surface area contributed by atoms with Crippen molar-refractivity contribution in [3.8, 4) is 34.4 Å². The van der Waals surface area contributed by atoms with Gasteiger partial charge in [0.2, 0.25) is 0 Å². The Labute approximate surface area is 374 Å². The van der Waals surface area contributed by atoms with Crippen LogP contribution in [0, 0.1) is 23.1 Å². The van der Waals surface area contributed by atoms with Crippen LogP contribution < -0.4 is 14.4 Å². The maximum Gasteiger partial charge on any atom is 0.408 e. The van der Waals surface area contributed by atoms with Crippen molar-refractivity contribution in [2.24, 2.45) is 0 Å². The molecule has 4 aliphatic rings. The lowest BCUT2D eigenvalue weighted by Crippen LogP contribution is -2.65. The first-order valence-electron chi connectivity index (χ1n) is 22.5. The van der Waals surface area contributed by atoms with E-state index >= 15 is 8.78 Å². The van der Waals surface area contributed by atoms with Crippen molar-refractivity contribution >= 4 is 41.7 Å². The Balaban J connectivity index is 1.33. The fraction of sp³-hybridized carbons (Fsp3) is 0.531. The van der Waals surface area contributed by atoms with Gasteiger partial charge in [-0.1, -0.05) is 59.6 Å². The van der Waals surface area contributed by atoms with Crippen molar-refractivity contribution in [1.82, 2.24) is 19.8 Å². The van der Waals surface area contributed by atoms with E-state index in [0.717, 1.165) is 19.4 Å². The highest BCUT2D eigenvalue weighted by atomic mass is 28.3. The molecule has 1 amide bonds. The molecular formula is C49H60F3N5O6Si. The first-order chi connectivity index (χ1) is 30.6. The van der Waals surface area contributed by atoms with Gasteiger partial charge in [0.1, 0.15) is 37.6 Å². The van der Waals surface area contributed by atoms with Crippen LogP contribution in [0.4, 0.5) is 23.8 Å². The van der Waals surface area contributed by atoms with Gasteiger partial charge in [0.05, 0.1) is 35.6 Å². The van der Waals surface area contributed by atoms with Gasteiger partial charge >= 0.3 is 12.1 Å². The highest BCUT2D eigenvalue weighted by Crippen LogP contribution is 2.46. The molecule has 4 fully saturated rings. The monoisotopic (exact) mass is 899 g/mol. The Morgan fingerprint density at radius 2 is 1.73 bits per heavy atom. The van der Waals surface area contributed by atoms with E-state index in [4.69, 9.17) is 28.9 Å². The Bertz CT molecular complexity index is 2520. The summed E-state index contributed by atoms with van der Waals surface area (Å²) in [5.74, 6) is 2.95. The van der Waals surface area contributed by atoms with E-state index in [2.05, 4.69) is 57.9 Å². The van der Waals surface area contributed by atoms with E-state index < -0.39 is 36.9 Å². The van der Waals surface area contributed by atoms with Crippen molar-refractivity contribution in [2.75, 3.05) is 65.3 Å². The number of methoxy groups -OCH3 is 2. The van der Waals surface area contributed by atoms with Crippen LogP contribution in [0.25, 0.3) is 32.8 Å². The summed E-state index contributed by atoms with van der Waals surface area (Å²) in [6.45, 7) is 15.4. The van der Waals surface area contributed by atoms with Crippen LogP contribution in [-0.4, -0.2) is 117 Å². The third kappa shape index (κ3) is 7.77. The lowest BCUT2D eigenvalue weighted by molar-refractivity contribution is 0.0178. The van der Waals surface area contributed by atoms with Crippen molar-refractivity contribution < 1.29 is 42.0 Å². The fourth-order valence-corrected chi connectivity index (χ4v) is 17.1. The summed E-state index contributed by atoms with van der Waals surface area (Å²) in [6.07, 6.45) is 3.13. The first kappa shape index (κ1) is 45.7. The van der Waals surface area contributed by atoms with Crippen LogP contribution in [0.5, 0.6) is 11.8 Å². The van der Waals surface area contributed by atoms with Gasteiger partial charge in [-0.3, -0.25) is 9.80 Å². The molecule has 3 atom stereocenters. The topological polar surface area (TPSA) is 110 Å². The molecule has 64 heavy (non-hydrogen) atoms. The van der Waals surface area contributed by atoms with E-state index in [1.54, 1.807) is 37.4 Å². The highest BCUT2D eigenvalue weighted by molar-refractivity contribution is 6.90. The molecule has 4 aromatic rings. The zero-order chi connectivity index (χ0) is 45.7. The lowest BCUT2D eigenvalue weighted by Gasteiger charge is -2.47. The second kappa shape index (κ2) is 17.8. The number of ether oxygens (including phenoxy) is 4. The minimum absolute atomic E-state index is 0.0194. The molecule has 8 rings (SSSR count). The number of benzene rings is 3. The lowest BCUT2D eigenvalue weighted by atomic mass is 9.92. The number of aromatic nitrogens is 2. The van der Waals surface area contributed by atoms with Crippen molar-refractivity contribution in [3.63, 3.8) is 0 Å². The fourth-order valence-electron chi connectivity index (χ4n) is 11.9. The standard InChI is InChI=1S/C49H60F3N5O6Si/c1-30(2)64(31(3)4,32(5)6)19-15-38-41(51)13-10-34-20-36(63-29-61-8)21-40(42(34)38)37-11-12-39-44(43(37)52)53-46(62-28-48-16-9-18-56(48)24-33(22-48)23-50)54-45(39)55-25-35-14-17-49(26-55,27-60-7)57(35)47(58)59/h10-13,20-21,23,30-32,35H,9,14,16-18,22,24-29H2,1-8H3,(H,58,59)/b33-23-/t35-,48?,49+/m0/s1. The average Bonchev–Trinajstić information content (AvgIpc) is 3.89. The summed E-state index contributed by atoms with van der Waals surface area (Å²) >= 11 is 0. The molecule has 1 N–H and O–H groups in total. The minimum Gasteiger partial charge on any atom is -0.468 e. The first-order valence-corrected chi connectivity index (χ1v) is 24.7. The Morgan fingerprint density at radius 3 is 2.42 bits per heavy atom.